The maximum atomic E-state index is 11.9. The summed E-state index contributed by atoms with van der Waals surface area (Å²) in [5.41, 5.74) is 13.4. The van der Waals surface area contributed by atoms with Gasteiger partial charge < -0.3 is 21.2 Å². The van der Waals surface area contributed by atoms with Crippen molar-refractivity contribution >= 4 is 45.9 Å². The second-order valence-corrected chi connectivity index (χ2v) is 5.68. The van der Waals surface area contributed by atoms with Crippen molar-refractivity contribution in [1.82, 2.24) is 4.98 Å². The van der Waals surface area contributed by atoms with Crippen LogP contribution in [0.25, 0.3) is 10.9 Å². The van der Waals surface area contributed by atoms with E-state index in [1.807, 2.05) is 24.3 Å². The van der Waals surface area contributed by atoms with Crippen LogP contribution in [0.4, 0.5) is 0 Å². The minimum atomic E-state index is -0.914. The van der Waals surface area contributed by atoms with Gasteiger partial charge in [-0.15, -0.1) is 0 Å². The topological polar surface area (TPSA) is 111 Å². The first-order valence-electron chi connectivity index (χ1n) is 7.22. The lowest BCUT2D eigenvalue weighted by Crippen LogP contribution is -2.42. The lowest BCUT2D eigenvalue weighted by Gasteiger charge is -2.15. The van der Waals surface area contributed by atoms with Crippen LogP contribution in [-0.2, 0) is 20.7 Å². The van der Waals surface area contributed by atoms with Gasteiger partial charge in [-0.05, 0) is 17.5 Å². The Labute approximate surface area is 151 Å². The molecule has 2 atom stereocenters. The van der Waals surface area contributed by atoms with Gasteiger partial charge >= 0.3 is 35.0 Å². The van der Waals surface area contributed by atoms with Gasteiger partial charge in [0.15, 0.2) is 0 Å². The number of H-pyrrole nitrogens is 1. The van der Waals surface area contributed by atoms with Crippen molar-refractivity contribution in [2.45, 2.75) is 32.4 Å². The quantitative estimate of drug-likeness (QED) is 0.411. The van der Waals surface area contributed by atoms with E-state index >= 15 is 0 Å². The van der Waals surface area contributed by atoms with E-state index in [9.17, 15) is 9.59 Å². The average Bonchev–Trinajstić information content (AvgIpc) is 2.89. The first kappa shape index (κ1) is 19.6. The lowest BCUT2D eigenvalue weighted by atomic mass is 10.0. The van der Waals surface area contributed by atoms with Gasteiger partial charge in [0.25, 0.3) is 0 Å². The number of aromatic nitrogens is 1. The molecule has 0 spiro atoms. The number of hydrogen-bond donors (Lipinski definition) is 3. The monoisotopic (exact) mass is 329 g/mol. The van der Waals surface area contributed by atoms with Gasteiger partial charge in [0, 0.05) is 23.5 Å². The van der Waals surface area contributed by atoms with Crippen molar-refractivity contribution in [3.8, 4) is 0 Å². The van der Waals surface area contributed by atoms with Gasteiger partial charge in [0.1, 0.15) is 12.1 Å². The van der Waals surface area contributed by atoms with Crippen LogP contribution in [0.2, 0.25) is 0 Å². The molecule has 5 N–H and O–H groups in total. The van der Waals surface area contributed by atoms with E-state index in [2.05, 4.69) is 4.98 Å². The molecule has 6 nitrogen and oxygen atoms in total. The van der Waals surface area contributed by atoms with Crippen LogP contribution in [0.1, 0.15) is 19.4 Å². The molecule has 0 aliphatic rings. The third-order valence-corrected chi connectivity index (χ3v) is 3.61. The van der Waals surface area contributed by atoms with E-state index in [1.54, 1.807) is 20.0 Å². The number of ether oxygens (including phenoxy) is 1. The summed E-state index contributed by atoms with van der Waals surface area (Å²) in [4.78, 5) is 26.7. The highest BCUT2D eigenvalue weighted by molar-refractivity contribution is 5.91. The van der Waals surface area contributed by atoms with Crippen LogP contribution in [0.5, 0.6) is 0 Å². The molecule has 1 aromatic carbocycles. The van der Waals surface area contributed by atoms with E-state index in [1.165, 1.54) is 0 Å². The van der Waals surface area contributed by atoms with E-state index < -0.39 is 24.0 Å². The molecular formula is C16H23MgN3O3. The Morgan fingerprint density at radius 2 is 1.83 bits per heavy atom. The molecule has 2 rings (SSSR count). The molecule has 23 heavy (non-hydrogen) atoms. The number of hydrogen-bond acceptors (Lipinski definition) is 5. The lowest BCUT2D eigenvalue weighted by molar-refractivity contribution is -0.162. The smallest absolute Gasteiger partial charge is 0.330 e. The number of aromatic amines is 1. The fourth-order valence-electron chi connectivity index (χ4n) is 2.14. The van der Waals surface area contributed by atoms with E-state index in [0.29, 0.717) is 0 Å². The average molecular weight is 330 g/mol. The van der Waals surface area contributed by atoms with E-state index in [-0.39, 0.29) is 35.4 Å². The SMILES string of the molecule is CC(C)[C@H](N)C(=O)OC(=O)[C@@H](N)Cc1c[nH]c2ccccc12.[MgH2]. The summed E-state index contributed by atoms with van der Waals surface area (Å²) >= 11 is 0. The minimum Gasteiger partial charge on any atom is -0.391 e. The highest BCUT2D eigenvalue weighted by atomic mass is 24.3. The number of esters is 2. The molecule has 0 fully saturated rings. The van der Waals surface area contributed by atoms with Crippen LogP contribution in [0.3, 0.4) is 0 Å². The number of benzene rings is 1. The van der Waals surface area contributed by atoms with Gasteiger partial charge in [-0.3, -0.25) is 0 Å². The third-order valence-electron chi connectivity index (χ3n) is 3.61. The Bertz CT molecular complexity index is 684. The molecule has 0 saturated carbocycles. The van der Waals surface area contributed by atoms with Crippen molar-refractivity contribution in [3.05, 3.63) is 36.0 Å². The Morgan fingerprint density at radius 3 is 2.48 bits per heavy atom. The first-order chi connectivity index (χ1) is 10.4. The Kier molecular flexibility index (Phi) is 7.21. The van der Waals surface area contributed by atoms with Crippen LogP contribution in [-0.4, -0.2) is 52.1 Å². The zero-order valence-electron chi connectivity index (χ0n) is 12.7. The third kappa shape index (κ3) is 4.78. The molecular weight excluding hydrogens is 306 g/mol. The maximum Gasteiger partial charge on any atom is 0.330 e. The summed E-state index contributed by atoms with van der Waals surface area (Å²) in [6.07, 6.45) is 2.09. The molecule has 0 aliphatic carbocycles. The number of nitrogens with one attached hydrogen (secondary N) is 1. The standard InChI is InChI=1S/C16H21N3O3.Mg.2H/c1-9(2)14(18)16(21)22-15(20)12(17)7-10-8-19-13-6-4-3-5-11(10)13;;;/h3-6,8-9,12,14,19H,7,17-18H2,1-2H3;;;/t12-,14-;;;/m0.../s1. The summed E-state index contributed by atoms with van der Waals surface area (Å²) in [7, 11) is 0. The molecule has 0 aliphatic heterocycles. The van der Waals surface area contributed by atoms with E-state index in [0.717, 1.165) is 16.5 Å². The van der Waals surface area contributed by atoms with Gasteiger partial charge in [0.05, 0.1) is 0 Å². The number of rotatable bonds is 5. The molecule has 0 unspecified atom stereocenters. The minimum absolute atomic E-state index is 0. The zero-order valence-corrected chi connectivity index (χ0v) is 12.7. The molecule has 0 bridgehead atoms. The fourth-order valence-corrected chi connectivity index (χ4v) is 2.14. The van der Waals surface area contributed by atoms with Crippen molar-refractivity contribution in [3.63, 3.8) is 0 Å². The second-order valence-electron chi connectivity index (χ2n) is 5.68. The molecule has 0 radical (unpaired) electrons. The molecule has 1 aromatic heterocycles. The summed E-state index contributed by atoms with van der Waals surface area (Å²) < 4.78 is 4.76. The molecule has 7 heteroatoms. The Hall–Kier alpha value is -1.41. The van der Waals surface area contributed by atoms with Crippen LogP contribution >= 0.6 is 0 Å². The molecule has 0 amide bonds. The Morgan fingerprint density at radius 1 is 1.17 bits per heavy atom. The Balaban J connectivity index is 0.00000264. The van der Waals surface area contributed by atoms with Crippen molar-refractivity contribution in [2.75, 3.05) is 0 Å². The summed E-state index contributed by atoms with van der Waals surface area (Å²) in [6.45, 7) is 3.56. The predicted molar refractivity (Wildman–Crippen MR) is 92.4 cm³/mol. The second kappa shape index (κ2) is 8.44. The summed E-state index contributed by atoms with van der Waals surface area (Å²) in [6, 6.07) is 5.97. The number of carbonyl (C=O) groups is 2. The number of carbonyl (C=O) groups excluding carboxylic acids is 2. The van der Waals surface area contributed by atoms with Crippen molar-refractivity contribution in [2.24, 2.45) is 17.4 Å². The number of nitrogens with two attached hydrogens (primary N) is 2. The number of fused-ring (bicyclic) bond motifs is 1. The normalized spacial score (nSPS) is 13.4. The highest BCUT2D eigenvalue weighted by Gasteiger charge is 2.25. The summed E-state index contributed by atoms with van der Waals surface area (Å²) in [5, 5.41) is 0.996. The van der Waals surface area contributed by atoms with Gasteiger partial charge in [-0.1, -0.05) is 32.0 Å². The largest absolute Gasteiger partial charge is 0.391 e. The highest BCUT2D eigenvalue weighted by Crippen LogP contribution is 2.19. The van der Waals surface area contributed by atoms with Gasteiger partial charge in [-0.25, -0.2) is 9.59 Å². The molecule has 122 valence electrons. The number of para-hydroxylation sites is 1. The molecule has 1 heterocycles. The molecule has 2 aromatic rings. The molecule has 0 saturated heterocycles. The zero-order chi connectivity index (χ0) is 16.3. The predicted octanol–water partition coefficient (Wildman–Crippen LogP) is 0.175. The van der Waals surface area contributed by atoms with Crippen molar-refractivity contribution < 1.29 is 14.3 Å². The van der Waals surface area contributed by atoms with Crippen LogP contribution in [0, 0.1) is 5.92 Å². The van der Waals surface area contributed by atoms with Crippen LogP contribution < -0.4 is 11.5 Å². The van der Waals surface area contributed by atoms with Gasteiger partial charge in [-0.2, -0.15) is 0 Å². The maximum absolute atomic E-state index is 11.9. The summed E-state index contributed by atoms with van der Waals surface area (Å²) in [5.74, 6) is -1.61. The van der Waals surface area contributed by atoms with Crippen LogP contribution in [0.15, 0.2) is 30.5 Å². The van der Waals surface area contributed by atoms with Gasteiger partial charge in [0.2, 0.25) is 0 Å². The fraction of sp³-hybridized carbons (Fsp3) is 0.375. The van der Waals surface area contributed by atoms with E-state index in [4.69, 9.17) is 16.2 Å². The first-order valence-corrected chi connectivity index (χ1v) is 7.22. The van der Waals surface area contributed by atoms with Crippen molar-refractivity contribution in [1.29, 1.82) is 0 Å².